The molecule has 38 heavy (non-hydrogen) atoms. The summed E-state index contributed by atoms with van der Waals surface area (Å²) in [7, 11) is 0. The molecule has 200 valence electrons. The first-order valence-electron chi connectivity index (χ1n) is 12.5. The van der Waals surface area contributed by atoms with Crippen LogP contribution in [-0.4, -0.2) is 53.3 Å². The molecule has 3 aromatic heterocycles. The number of piperidine rings is 1. The Balaban J connectivity index is 0.000000257. The standard InChI is InChI=1S/C18H16F2N6O.C9H15NO/c1-10-16(24-25-23-10)12-7-14-17(26(9-22-14)18(19)20)15(8-12)27-11(2)13-5-3-4-6-21-13;1-3-9(11)10-7-5-4-6-8(10)2/h3-9,11,18H,1-2H3,(H,23,24,25);3,8H,1,4-7H2,2H3/t11-;8-/m10/s1. The number of aryl methyl sites for hydroxylation is 1. The molecule has 1 fully saturated rings. The van der Waals surface area contributed by atoms with Crippen LogP contribution in [0.2, 0.25) is 0 Å². The summed E-state index contributed by atoms with van der Waals surface area (Å²) in [5.74, 6) is 0.359. The molecule has 5 rings (SSSR count). The largest absolute Gasteiger partial charge is 0.482 e. The number of rotatable bonds is 6. The fraction of sp³-hybridized carbons (Fsp3) is 0.370. The molecule has 2 atom stereocenters. The average Bonchev–Trinajstić information content (AvgIpc) is 3.56. The summed E-state index contributed by atoms with van der Waals surface area (Å²) in [4.78, 5) is 21.5. The van der Waals surface area contributed by atoms with Crippen LogP contribution in [0.5, 0.6) is 5.75 Å². The van der Waals surface area contributed by atoms with Gasteiger partial charge in [0.25, 0.3) is 0 Å². The van der Waals surface area contributed by atoms with Crippen molar-refractivity contribution in [3.63, 3.8) is 0 Å². The molecular formula is C27H31F2N7O2. The first-order chi connectivity index (χ1) is 18.3. The van der Waals surface area contributed by atoms with Crippen molar-refractivity contribution in [3.8, 4) is 17.0 Å². The van der Waals surface area contributed by atoms with E-state index in [4.69, 9.17) is 4.74 Å². The number of hydrogen-bond donors (Lipinski definition) is 1. The second-order valence-electron chi connectivity index (χ2n) is 9.12. The molecule has 11 heteroatoms. The minimum atomic E-state index is -2.73. The van der Waals surface area contributed by atoms with Gasteiger partial charge in [-0.2, -0.15) is 24.2 Å². The van der Waals surface area contributed by atoms with Gasteiger partial charge in [0.2, 0.25) is 5.91 Å². The van der Waals surface area contributed by atoms with Crippen molar-refractivity contribution < 1.29 is 18.3 Å². The second kappa shape index (κ2) is 11.9. The molecule has 0 aliphatic carbocycles. The third-order valence-electron chi connectivity index (χ3n) is 6.51. The SMILES string of the molecule is C=CC(=O)N1CCCC[C@@H]1C.Cc1n[nH]nc1-c1cc(O[C@H](C)c2ccccn2)c2c(c1)ncn2C(F)F. The van der Waals surface area contributed by atoms with Crippen molar-refractivity contribution in [1.29, 1.82) is 0 Å². The van der Waals surface area contributed by atoms with Gasteiger partial charge in [-0.05, 0) is 70.4 Å². The number of aromatic amines is 1. The van der Waals surface area contributed by atoms with E-state index in [0.29, 0.717) is 34.2 Å². The number of amides is 1. The molecule has 0 radical (unpaired) electrons. The zero-order chi connectivity index (χ0) is 27.2. The number of nitrogens with zero attached hydrogens (tertiary/aromatic N) is 6. The normalized spacial score (nSPS) is 16.2. The Kier molecular flexibility index (Phi) is 8.45. The van der Waals surface area contributed by atoms with Gasteiger partial charge in [-0.1, -0.05) is 12.6 Å². The Morgan fingerprint density at radius 1 is 1.24 bits per heavy atom. The Bertz CT molecular complexity index is 1390. The minimum absolute atomic E-state index is 0.0807. The van der Waals surface area contributed by atoms with Crippen molar-refractivity contribution in [1.82, 2.24) is 34.8 Å². The second-order valence-corrected chi connectivity index (χ2v) is 9.12. The Morgan fingerprint density at radius 3 is 2.68 bits per heavy atom. The van der Waals surface area contributed by atoms with Gasteiger partial charge in [0.1, 0.15) is 29.4 Å². The van der Waals surface area contributed by atoms with E-state index < -0.39 is 12.7 Å². The van der Waals surface area contributed by atoms with Crippen molar-refractivity contribution in [3.05, 3.63) is 66.9 Å². The lowest BCUT2D eigenvalue weighted by molar-refractivity contribution is -0.129. The lowest BCUT2D eigenvalue weighted by Crippen LogP contribution is -2.40. The van der Waals surface area contributed by atoms with Gasteiger partial charge in [0.05, 0.1) is 16.9 Å². The van der Waals surface area contributed by atoms with Gasteiger partial charge in [-0.15, -0.1) is 0 Å². The smallest absolute Gasteiger partial charge is 0.320 e. The summed E-state index contributed by atoms with van der Waals surface area (Å²) >= 11 is 0. The van der Waals surface area contributed by atoms with Gasteiger partial charge in [-0.25, -0.2) is 4.98 Å². The van der Waals surface area contributed by atoms with Crippen LogP contribution in [0.15, 0.2) is 55.5 Å². The van der Waals surface area contributed by atoms with Crippen LogP contribution in [0.3, 0.4) is 0 Å². The highest BCUT2D eigenvalue weighted by Gasteiger charge is 2.22. The fourth-order valence-corrected chi connectivity index (χ4v) is 4.48. The zero-order valence-electron chi connectivity index (χ0n) is 21.6. The van der Waals surface area contributed by atoms with E-state index in [9.17, 15) is 13.6 Å². The fourth-order valence-electron chi connectivity index (χ4n) is 4.48. The molecule has 0 unspecified atom stereocenters. The number of alkyl halides is 2. The van der Waals surface area contributed by atoms with Crippen LogP contribution in [0.25, 0.3) is 22.3 Å². The summed E-state index contributed by atoms with van der Waals surface area (Å²) < 4.78 is 33.7. The molecule has 1 amide bonds. The number of imidazole rings is 1. The number of benzene rings is 1. The van der Waals surface area contributed by atoms with E-state index in [1.54, 1.807) is 31.3 Å². The van der Waals surface area contributed by atoms with Crippen LogP contribution in [-0.2, 0) is 4.79 Å². The van der Waals surface area contributed by atoms with E-state index in [1.165, 1.54) is 12.5 Å². The van der Waals surface area contributed by atoms with Crippen LogP contribution in [0, 0.1) is 6.92 Å². The van der Waals surface area contributed by atoms with Crippen LogP contribution in [0.4, 0.5) is 8.78 Å². The first-order valence-corrected chi connectivity index (χ1v) is 12.5. The van der Waals surface area contributed by atoms with Crippen molar-refractivity contribution in [2.24, 2.45) is 0 Å². The number of pyridine rings is 1. The number of H-pyrrole nitrogens is 1. The lowest BCUT2D eigenvalue weighted by Gasteiger charge is -2.32. The molecular weight excluding hydrogens is 492 g/mol. The highest BCUT2D eigenvalue weighted by molar-refractivity contribution is 5.88. The van der Waals surface area contributed by atoms with Gasteiger partial charge in [0.15, 0.2) is 0 Å². The maximum absolute atomic E-state index is 13.4. The van der Waals surface area contributed by atoms with Gasteiger partial charge >= 0.3 is 6.55 Å². The minimum Gasteiger partial charge on any atom is -0.482 e. The molecule has 9 nitrogen and oxygen atoms in total. The van der Waals surface area contributed by atoms with E-state index in [1.807, 2.05) is 24.0 Å². The highest BCUT2D eigenvalue weighted by Crippen LogP contribution is 2.36. The summed E-state index contributed by atoms with van der Waals surface area (Å²) in [5.41, 5.74) is 3.27. The summed E-state index contributed by atoms with van der Waals surface area (Å²) in [5, 5.41) is 10.7. The number of nitrogens with one attached hydrogen (secondary N) is 1. The third kappa shape index (κ3) is 5.87. The Morgan fingerprint density at radius 2 is 2.05 bits per heavy atom. The Labute approximate surface area is 219 Å². The molecule has 4 heterocycles. The topological polar surface area (TPSA) is 102 Å². The van der Waals surface area contributed by atoms with E-state index in [-0.39, 0.29) is 17.2 Å². The predicted octanol–water partition coefficient (Wildman–Crippen LogP) is 5.63. The molecule has 1 N–H and O–H groups in total. The Hall–Kier alpha value is -4.15. The van der Waals surface area contributed by atoms with Crippen molar-refractivity contribution >= 4 is 16.9 Å². The number of carbonyl (C=O) groups is 1. The third-order valence-corrected chi connectivity index (χ3v) is 6.51. The van der Waals surface area contributed by atoms with Crippen LogP contribution < -0.4 is 4.74 Å². The number of fused-ring (bicyclic) bond motifs is 1. The zero-order valence-corrected chi connectivity index (χ0v) is 21.6. The maximum atomic E-state index is 13.4. The highest BCUT2D eigenvalue weighted by atomic mass is 19.3. The molecule has 1 aliphatic heterocycles. The molecule has 1 aromatic carbocycles. The average molecular weight is 524 g/mol. The van der Waals surface area contributed by atoms with Crippen LogP contribution in [0.1, 0.15) is 57.2 Å². The molecule has 1 saturated heterocycles. The predicted molar refractivity (Wildman–Crippen MR) is 140 cm³/mol. The number of halogens is 2. The van der Waals surface area contributed by atoms with Crippen molar-refractivity contribution in [2.45, 2.75) is 58.7 Å². The summed E-state index contributed by atoms with van der Waals surface area (Å²) in [6, 6.07) is 9.24. The lowest BCUT2D eigenvalue weighted by atomic mass is 10.0. The maximum Gasteiger partial charge on any atom is 0.320 e. The van der Waals surface area contributed by atoms with Crippen LogP contribution >= 0.6 is 0 Å². The number of carbonyl (C=O) groups excluding carboxylic acids is 1. The van der Waals surface area contributed by atoms with Crippen molar-refractivity contribution in [2.75, 3.05) is 6.54 Å². The van der Waals surface area contributed by atoms with E-state index in [0.717, 1.165) is 30.3 Å². The van der Waals surface area contributed by atoms with Gasteiger partial charge in [0, 0.05) is 24.3 Å². The quantitative estimate of drug-likeness (QED) is 0.329. The van der Waals surface area contributed by atoms with E-state index in [2.05, 4.69) is 38.9 Å². The number of likely N-dealkylation sites (tertiary alicyclic amines) is 1. The molecule has 1 aliphatic rings. The number of aromatic nitrogens is 6. The summed E-state index contributed by atoms with van der Waals surface area (Å²) in [6.07, 6.45) is 7.26. The van der Waals surface area contributed by atoms with Gasteiger partial charge in [-0.3, -0.25) is 14.3 Å². The van der Waals surface area contributed by atoms with E-state index >= 15 is 0 Å². The summed E-state index contributed by atoms with van der Waals surface area (Å²) in [6.45, 7) is 7.37. The molecule has 0 bridgehead atoms. The number of ether oxygens (including phenoxy) is 1. The molecule has 0 spiro atoms. The molecule has 4 aromatic rings. The number of hydrogen-bond acceptors (Lipinski definition) is 6. The molecule has 0 saturated carbocycles. The first kappa shape index (κ1) is 26.9. The monoisotopic (exact) mass is 523 g/mol. The van der Waals surface area contributed by atoms with Gasteiger partial charge < -0.3 is 9.64 Å².